The fourth-order valence-corrected chi connectivity index (χ4v) is 2.79. The third-order valence-corrected chi connectivity index (χ3v) is 3.77. The molecule has 0 saturated carbocycles. The number of benzene rings is 3. The van der Waals surface area contributed by atoms with Crippen molar-refractivity contribution in [3.63, 3.8) is 0 Å². The fourth-order valence-electron chi connectivity index (χ4n) is 2.79. The first-order chi connectivity index (χ1) is 10.3. The smallest absolute Gasteiger partial charge is 0.141 e. The molecule has 0 aromatic heterocycles. The van der Waals surface area contributed by atoms with E-state index in [-0.39, 0.29) is 5.75 Å². The van der Waals surface area contributed by atoms with Gasteiger partial charge in [0.05, 0.1) is 5.71 Å². The number of para-hydroxylation sites is 2. The molecule has 3 aromatic carbocycles. The summed E-state index contributed by atoms with van der Waals surface area (Å²) in [6, 6.07) is 23.7. The monoisotopic (exact) mass is 271 g/mol. The van der Waals surface area contributed by atoms with Gasteiger partial charge in [-0.25, -0.2) is 4.99 Å². The Labute approximate surface area is 123 Å². The quantitative estimate of drug-likeness (QED) is 0.541. The molecule has 0 aliphatic heterocycles. The lowest BCUT2D eigenvalue weighted by molar-refractivity contribution is 0.477. The summed E-state index contributed by atoms with van der Waals surface area (Å²) in [5.41, 5.74) is 6.13. The van der Waals surface area contributed by atoms with Crippen molar-refractivity contribution in [2.75, 3.05) is 0 Å². The number of hydrogen-bond donors (Lipinski definition) is 1. The summed E-state index contributed by atoms with van der Waals surface area (Å²) in [7, 11) is 0. The zero-order valence-electron chi connectivity index (χ0n) is 11.3. The molecular weight excluding hydrogens is 258 g/mol. The lowest BCUT2D eigenvalue weighted by Crippen LogP contribution is -1.97. The van der Waals surface area contributed by atoms with Gasteiger partial charge in [0.15, 0.2) is 0 Å². The highest BCUT2D eigenvalue weighted by Gasteiger charge is 2.23. The lowest BCUT2D eigenvalue weighted by Gasteiger charge is -2.03. The number of aromatic hydroxyl groups is 1. The van der Waals surface area contributed by atoms with E-state index in [0.29, 0.717) is 5.69 Å². The van der Waals surface area contributed by atoms with Crippen LogP contribution < -0.4 is 0 Å². The Hall–Kier alpha value is -2.87. The standard InChI is InChI=1S/C19H13NO/c21-18-12-6-5-11-17(18)20-19-15-9-3-1-7-13(15)14-8-2-4-10-16(14)19/h1-12,21H. The maximum absolute atomic E-state index is 9.96. The number of fused-ring (bicyclic) bond motifs is 3. The third kappa shape index (κ3) is 1.84. The topological polar surface area (TPSA) is 32.6 Å². The first kappa shape index (κ1) is 11.9. The van der Waals surface area contributed by atoms with E-state index >= 15 is 0 Å². The number of rotatable bonds is 1. The van der Waals surface area contributed by atoms with Crippen LogP contribution in [0.5, 0.6) is 5.75 Å². The van der Waals surface area contributed by atoms with Crippen molar-refractivity contribution >= 4 is 11.4 Å². The molecule has 21 heavy (non-hydrogen) atoms. The highest BCUT2D eigenvalue weighted by molar-refractivity contribution is 6.25. The fraction of sp³-hybridized carbons (Fsp3) is 0. The molecule has 0 unspecified atom stereocenters. The van der Waals surface area contributed by atoms with Crippen LogP contribution in [-0.2, 0) is 0 Å². The minimum Gasteiger partial charge on any atom is -0.506 e. The molecule has 0 saturated heterocycles. The molecule has 3 aromatic rings. The Morgan fingerprint density at radius 3 is 1.62 bits per heavy atom. The van der Waals surface area contributed by atoms with Gasteiger partial charge in [-0.2, -0.15) is 0 Å². The molecule has 1 aliphatic rings. The second kappa shape index (κ2) is 4.60. The summed E-state index contributed by atoms with van der Waals surface area (Å²) in [5.74, 6) is 0.201. The average molecular weight is 271 g/mol. The second-order valence-electron chi connectivity index (χ2n) is 5.04. The van der Waals surface area contributed by atoms with Crippen LogP contribution in [0.4, 0.5) is 5.69 Å². The van der Waals surface area contributed by atoms with E-state index < -0.39 is 0 Å². The Morgan fingerprint density at radius 2 is 1.05 bits per heavy atom. The number of phenolic OH excluding ortho intramolecular Hbond substituents is 1. The summed E-state index contributed by atoms with van der Waals surface area (Å²) in [6.45, 7) is 0. The Morgan fingerprint density at radius 1 is 0.571 bits per heavy atom. The van der Waals surface area contributed by atoms with E-state index in [9.17, 15) is 5.11 Å². The van der Waals surface area contributed by atoms with Gasteiger partial charge in [-0.1, -0.05) is 60.7 Å². The van der Waals surface area contributed by atoms with Gasteiger partial charge < -0.3 is 5.11 Å². The summed E-state index contributed by atoms with van der Waals surface area (Å²) in [5, 5.41) is 9.96. The highest BCUT2D eigenvalue weighted by Crippen LogP contribution is 2.38. The van der Waals surface area contributed by atoms with Crippen LogP contribution in [0.2, 0.25) is 0 Å². The highest BCUT2D eigenvalue weighted by atomic mass is 16.3. The number of aliphatic imine (C=N–C) groups is 1. The van der Waals surface area contributed by atoms with Crippen LogP contribution in [0.3, 0.4) is 0 Å². The van der Waals surface area contributed by atoms with E-state index in [1.807, 2.05) is 36.4 Å². The van der Waals surface area contributed by atoms with Gasteiger partial charge >= 0.3 is 0 Å². The van der Waals surface area contributed by atoms with Gasteiger partial charge in [0, 0.05) is 11.1 Å². The zero-order valence-corrected chi connectivity index (χ0v) is 11.3. The van der Waals surface area contributed by atoms with E-state index in [1.54, 1.807) is 12.1 Å². The summed E-state index contributed by atoms with van der Waals surface area (Å²) >= 11 is 0. The largest absolute Gasteiger partial charge is 0.506 e. The molecule has 0 fully saturated rings. The molecule has 2 nitrogen and oxygen atoms in total. The number of phenols is 1. The molecule has 4 rings (SSSR count). The SMILES string of the molecule is Oc1ccccc1N=C1c2ccccc2-c2ccccc21. The van der Waals surface area contributed by atoms with Crippen LogP contribution in [-0.4, -0.2) is 10.8 Å². The van der Waals surface area contributed by atoms with E-state index in [2.05, 4.69) is 24.3 Å². The van der Waals surface area contributed by atoms with E-state index in [1.165, 1.54) is 11.1 Å². The summed E-state index contributed by atoms with van der Waals surface area (Å²) < 4.78 is 0. The third-order valence-electron chi connectivity index (χ3n) is 3.77. The van der Waals surface area contributed by atoms with Crippen molar-refractivity contribution in [3.05, 3.63) is 83.9 Å². The molecule has 0 radical (unpaired) electrons. The molecule has 0 amide bonds. The van der Waals surface area contributed by atoms with Gasteiger partial charge in [-0.05, 0) is 23.3 Å². The van der Waals surface area contributed by atoms with Gasteiger partial charge in [-0.3, -0.25) is 0 Å². The molecule has 1 aliphatic carbocycles. The van der Waals surface area contributed by atoms with Gasteiger partial charge in [-0.15, -0.1) is 0 Å². The molecule has 1 N–H and O–H groups in total. The zero-order chi connectivity index (χ0) is 14.2. The molecule has 100 valence electrons. The van der Waals surface area contributed by atoms with E-state index in [0.717, 1.165) is 16.8 Å². The minimum atomic E-state index is 0.201. The molecule has 0 atom stereocenters. The van der Waals surface area contributed by atoms with Crippen LogP contribution in [0.25, 0.3) is 11.1 Å². The van der Waals surface area contributed by atoms with Crippen molar-refractivity contribution in [2.45, 2.75) is 0 Å². The Balaban J connectivity index is 1.99. The number of nitrogens with zero attached hydrogens (tertiary/aromatic N) is 1. The minimum absolute atomic E-state index is 0.201. The average Bonchev–Trinajstić information content (AvgIpc) is 2.85. The maximum Gasteiger partial charge on any atom is 0.141 e. The number of hydrogen-bond acceptors (Lipinski definition) is 2. The van der Waals surface area contributed by atoms with E-state index in [4.69, 9.17) is 4.99 Å². The first-order valence-electron chi connectivity index (χ1n) is 6.90. The summed E-state index contributed by atoms with van der Waals surface area (Å²) in [4.78, 5) is 4.71. The summed E-state index contributed by atoms with van der Waals surface area (Å²) in [6.07, 6.45) is 0. The normalized spacial score (nSPS) is 11.9. The van der Waals surface area contributed by atoms with Crippen LogP contribution >= 0.6 is 0 Å². The van der Waals surface area contributed by atoms with Crippen molar-refractivity contribution in [2.24, 2.45) is 4.99 Å². The second-order valence-corrected chi connectivity index (χ2v) is 5.04. The van der Waals surface area contributed by atoms with Gasteiger partial charge in [0.25, 0.3) is 0 Å². The molecule has 0 bridgehead atoms. The van der Waals surface area contributed by atoms with Crippen molar-refractivity contribution in [1.82, 2.24) is 0 Å². The van der Waals surface area contributed by atoms with Crippen LogP contribution in [0.1, 0.15) is 11.1 Å². The van der Waals surface area contributed by atoms with Crippen LogP contribution in [0, 0.1) is 0 Å². The van der Waals surface area contributed by atoms with Gasteiger partial charge in [0.1, 0.15) is 11.4 Å². The van der Waals surface area contributed by atoms with Crippen LogP contribution in [0.15, 0.2) is 77.8 Å². The molecular formula is C19H13NO. The van der Waals surface area contributed by atoms with Gasteiger partial charge in [0.2, 0.25) is 0 Å². The van der Waals surface area contributed by atoms with Crippen molar-refractivity contribution in [3.8, 4) is 16.9 Å². The Kier molecular flexibility index (Phi) is 2.61. The lowest BCUT2D eigenvalue weighted by atomic mass is 10.1. The maximum atomic E-state index is 9.96. The Bertz CT molecular complexity index is 817. The predicted octanol–water partition coefficient (Wildman–Crippen LogP) is 4.54. The van der Waals surface area contributed by atoms with Crippen molar-refractivity contribution < 1.29 is 5.11 Å². The molecule has 0 heterocycles. The molecule has 2 heteroatoms. The van der Waals surface area contributed by atoms with Crippen molar-refractivity contribution in [1.29, 1.82) is 0 Å². The predicted molar refractivity (Wildman–Crippen MR) is 85.3 cm³/mol. The first-order valence-corrected chi connectivity index (χ1v) is 6.90. The molecule has 0 spiro atoms.